The minimum absolute atomic E-state index is 0.0833. The van der Waals surface area contributed by atoms with Gasteiger partial charge >= 0.3 is 0 Å². The number of hydrogen-bond acceptors (Lipinski definition) is 2. The minimum atomic E-state index is -0.364. The van der Waals surface area contributed by atoms with Crippen molar-refractivity contribution in [1.82, 2.24) is 0 Å². The number of aliphatic hydroxyl groups excluding tert-OH is 2. The lowest BCUT2D eigenvalue weighted by molar-refractivity contribution is 0.0745. The van der Waals surface area contributed by atoms with Crippen LogP contribution in [0.25, 0.3) is 0 Å². The normalized spacial score (nSPS) is 16.8. The molecule has 0 fully saturated rings. The Morgan fingerprint density at radius 2 is 2.00 bits per heavy atom. The van der Waals surface area contributed by atoms with Gasteiger partial charge in [0.25, 0.3) is 0 Å². The zero-order chi connectivity index (χ0) is 7.98. The van der Waals surface area contributed by atoms with Crippen molar-refractivity contribution in [2.45, 2.75) is 39.2 Å². The lowest BCUT2D eigenvalue weighted by Gasteiger charge is -2.15. The highest BCUT2D eigenvalue weighted by molar-refractivity contribution is 4.62. The summed E-state index contributed by atoms with van der Waals surface area (Å²) in [4.78, 5) is 0. The van der Waals surface area contributed by atoms with Crippen molar-refractivity contribution in [1.29, 1.82) is 0 Å². The van der Waals surface area contributed by atoms with Crippen LogP contribution in [0.15, 0.2) is 0 Å². The molecule has 0 aliphatic heterocycles. The lowest BCUT2D eigenvalue weighted by atomic mass is 9.98. The van der Waals surface area contributed by atoms with Crippen molar-refractivity contribution in [2.24, 2.45) is 5.92 Å². The van der Waals surface area contributed by atoms with E-state index in [1.165, 1.54) is 0 Å². The lowest BCUT2D eigenvalue weighted by Crippen LogP contribution is -2.20. The van der Waals surface area contributed by atoms with Gasteiger partial charge in [-0.1, -0.05) is 19.8 Å². The van der Waals surface area contributed by atoms with Gasteiger partial charge in [0.1, 0.15) is 0 Å². The van der Waals surface area contributed by atoms with Gasteiger partial charge in [0.15, 0.2) is 0 Å². The van der Waals surface area contributed by atoms with E-state index in [0.717, 1.165) is 19.3 Å². The molecule has 62 valence electrons. The molecule has 0 heterocycles. The Labute approximate surface area is 62.9 Å². The molecule has 2 heteroatoms. The molecule has 0 aromatic heterocycles. The van der Waals surface area contributed by atoms with Gasteiger partial charge in [-0.25, -0.2) is 0 Å². The zero-order valence-corrected chi connectivity index (χ0v) is 6.88. The highest BCUT2D eigenvalue weighted by Crippen LogP contribution is 2.11. The standard InChI is InChI=1S/C8H18O2/c1-3-4-5-8(6-9)7(2)10/h7-10H,3-6H2,1-2H3/t7-,8-/m1/s1. The molecular formula is C8H18O2. The molecule has 0 saturated carbocycles. The molecule has 0 unspecified atom stereocenters. The van der Waals surface area contributed by atoms with Crippen LogP contribution in [0.3, 0.4) is 0 Å². The van der Waals surface area contributed by atoms with Crippen LogP contribution in [0, 0.1) is 5.92 Å². The van der Waals surface area contributed by atoms with E-state index >= 15 is 0 Å². The first-order valence-corrected chi connectivity index (χ1v) is 4.01. The van der Waals surface area contributed by atoms with Crippen molar-refractivity contribution in [3.63, 3.8) is 0 Å². The maximum absolute atomic E-state index is 9.08. The van der Waals surface area contributed by atoms with Crippen LogP contribution in [0.4, 0.5) is 0 Å². The van der Waals surface area contributed by atoms with Gasteiger partial charge in [-0.15, -0.1) is 0 Å². The molecule has 2 atom stereocenters. The third-order valence-electron chi connectivity index (χ3n) is 1.85. The van der Waals surface area contributed by atoms with Crippen LogP contribution in [0.1, 0.15) is 33.1 Å². The largest absolute Gasteiger partial charge is 0.396 e. The highest BCUT2D eigenvalue weighted by atomic mass is 16.3. The van der Waals surface area contributed by atoms with Gasteiger partial charge in [0.05, 0.1) is 6.10 Å². The Hall–Kier alpha value is -0.0800. The Kier molecular flexibility index (Phi) is 5.64. The fraction of sp³-hybridized carbons (Fsp3) is 1.00. The van der Waals surface area contributed by atoms with E-state index in [0.29, 0.717) is 0 Å². The molecule has 0 saturated heterocycles. The topological polar surface area (TPSA) is 40.5 Å². The van der Waals surface area contributed by atoms with E-state index in [1.807, 2.05) is 0 Å². The third-order valence-corrected chi connectivity index (χ3v) is 1.85. The van der Waals surface area contributed by atoms with Gasteiger partial charge in [0.2, 0.25) is 0 Å². The van der Waals surface area contributed by atoms with E-state index in [-0.39, 0.29) is 18.6 Å². The summed E-state index contributed by atoms with van der Waals surface area (Å²) in [6.07, 6.45) is 2.79. The summed E-state index contributed by atoms with van der Waals surface area (Å²) >= 11 is 0. The second kappa shape index (κ2) is 5.69. The van der Waals surface area contributed by atoms with Gasteiger partial charge in [0, 0.05) is 12.5 Å². The predicted molar refractivity (Wildman–Crippen MR) is 41.8 cm³/mol. The quantitative estimate of drug-likeness (QED) is 0.611. The fourth-order valence-electron chi connectivity index (χ4n) is 0.951. The van der Waals surface area contributed by atoms with Gasteiger partial charge in [-0.3, -0.25) is 0 Å². The smallest absolute Gasteiger partial charge is 0.0562 e. The molecule has 0 bridgehead atoms. The van der Waals surface area contributed by atoms with Crippen LogP contribution in [0.5, 0.6) is 0 Å². The molecular weight excluding hydrogens is 128 g/mol. The van der Waals surface area contributed by atoms with E-state index in [2.05, 4.69) is 6.92 Å². The molecule has 0 aromatic carbocycles. The van der Waals surface area contributed by atoms with Crippen molar-refractivity contribution in [3.8, 4) is 0 Å². The zero-order valence-electron chi connectivity index (χ0n) is 6.88. The van der Waals surface area contributed by atoms with Crippen LogP contribution in [-0.2, 0) is 0 Å². The average molecular weight is 146 g/mol. The van der Waals surface area contributed by atoms with E-state index in [1.54, 1.807) is 6.92 Å². The molecule has 0 aliphatic carbocycles. The van der Waals surface area contributed by atoms with Crippen LogP contribution >= 0.6 is 0 Å². The molecule has 0 rings (SSSR count). The Morgan fingerprint density at radius 3 is 2.30 bits per heavy atom. The first-order chi connectivity index (χ1) is 4.72. The molecule has 0 spiro atoms. The summed E-state index contributed by atoms with van der Waals surface area (Å²) < 4.78 is 0. The van der Waals surface area contributed by atoms with E-state index < -0.39 is 0 Å². The number of rotatable bonds is 5. The van der Waals surface area contributed by atoms with Crippen LogP contribution < -0.4 is 0 Å². The monoisotopic (exact) mass is 146 g/mol. The summed E-state index contributed by atoms with van der Waals surface area (Å²) in [6, 6.07) is 0. The fourth-order valence-corrected chi connectivity index (χ4v) is 0.951. The maximum atomic E-state index is 9.08. The molecule has 10 heavy (non-hydrogen) atoms. The van der Waals surface area contributed by atoms with E-state index in [4.69, 9.17) is 10.2 Å². The molecule has 0 aromatic rings. The average Bonchev–Trinajstić information content (AvgIpc) is 1.89. The van der Waals surface area contributed by atoms with Crippen LogP contribution in [-0.4, -0.2) is 22.9 Å². The predicted octanol–water partition coefficient (Wildman–Crippen LogP) is 1.17. The summed E-state index contributed by atoms with van der Waals surface area (Å²) in [5, 5.41) is 17.8. The first kappa shape index (κ1) is 9.92. The SMILES string of the molecule is CCCC[C@H](CO)[C@@H](C)O. The van der Waals surface area contributed by atoms with Gasteiger partial charge in [-0.2, -0.15) is 0 Å². The molecule has 2 N–H and O–H groups in total. The van der Waals surface area contributed by atoms with Gasteiger partial charge in [-0.05, 0) is 13.3 Å². The number of unbranched alkanes of at least 4 members (excludes halogenated alkanes) is 1. The molecule has 0 amide bonds. The maximum Gasteiger partial charge on any atom is 0.0562 e. The molecule has 0 aliphatic rings. The minimum Gasteiger partial charge on any atom is -0.396 e. The van der Waals surface area contributed by atoms with E-state index in [9.17, 15) is 0 Å². The van der Waals surface area contributed by atoms with Crippen molar-refractivity contribution < 1.29 is 10.2 Å². The molecule has 2 nitrogen and oxygen atoms in total. The van der Waals surface area contributed by atoms with Crippen LogP contribution in [0.2, 0.25) is 0 Å². The van der Waals surface area contributed by atoms with Crippen molar-refractivity contribution >= 4 is 0 Å². The first-order valence-electron chi connectivity index (χ1n) is 4.01. The Morgan fingerprint density at radius 1 is 1.40 bits per heavy atom. The third kappa shape index (κ3) is 3.85. The van der Waals surface area contributed by atoms with Crippen molar-refractivity contribution in [2.75, 3.05) is 6.61 Å². The summed E-state index contributed by atoms with van der Waals surface area (Å²) in [7, 11) is 0. The highest BCUT2D eigenvalue weighted by Gasteiger charge is 2.11. The summed E-state index contributed by atoms with van der Waals surface area (Å²) in [5.74, 6) is 0.0833. The molecule has 0 radical (unpaired) electrons. The summed E-state index contributed by atoms with van der Waals surface area (Å²) in [6.45, 7) is 3.95. The Bertz CT molecular complexity index is 71.7. The van der Waals surface area contributed by atoms with Crippen molar-refractivity contribution in [3.05, 3.63) is 0 Å². The number of hydrogen-bond donors (Lipinski definition) is 2. The second-order valence-corrected chi connectivity index (χ2v) is 2.83. The second-order valence-electron chi connectivity index (χ2n) is 2.83. The number of aliphatic hydroxyl groups is 2. The van der Waals surface area contributed by atoms with Gasteiger partial charge < -0.3 is 10.2 Å². The Balaban J connectivity index is 3.40. The summed E-state index contributed by atoms with van der Waals surface area (Å²) in [5.41, 5.74) is 0.